The molecule has 0 aliphatic heterocycles. The Balaban J connectivity index is 2.28. The lowest BCUT2D eigenvalue weighted by Crippen LogP contribution is -2.16. The van der Waals surface area contributed by atoms with Crippen LogP contribution in [-0.4, -0.2) is 19.9 Å². The quantitative estimate of drug-likeness (QED) is 0.585. The zero-order chi connectivity index (χ0) is 19.7. The van der Waals surface area contributed by atoms with E-state index in [1.54, 1.807) is 25.1 Å². The molecule has 0 saturated carbocycles. The van der Waals surface area contributed by atoms with Crippen LogP contribution in [0.5, 0.6) is 0 Å². The normalized spacial score (nSPS) is 17.3. The number of hydrogen-bond donors (Lipinski definition) is 0. The standard InChI is InChI=1S/C20H25NO4S/c1-13(2)17-12-18(14(3)11-19(17)22)21-25-26(23,24)16-9-7-15(8-10-16)20(4,5)6/h7-13H,1-6H3/b21-18-. The van der Waals surface area contributed by atoms with Gasteiger partial charge >= 0.3 is 10.1 Å². The van der Waals surface area contributed by atoms with Crippen molar-refractivity contribution >= 4 is 21.6 Å². The van der Waals surface area contributed by atoms with Crippen LogP contribution in [0.15, 0.2) is 57.6 Å². The smallest absolute Gasteiger partial charge is 0.290 e. The highest BCUT2D eigenvalue weighted by atomic mass is 32.2. The third kappa shape index (κ3) is 4.49. The lowest BCUT2D eigenvalue weighted by Gasteiger charge is -2.19. The Labute approximate surface area is 155 Å². The highest BCUT2D eigenvalue weighted by molar-refractivity contribution is 7.86. The van der Waals surface area contributed by atoms with Crippen LogP contribution in [-0.2, 0) is 24.6 Å². The Morgan fingerprint density at radius 3 is 2.12 bits per heavy atom. The first-order valence-corrected chi connectivity index (χ1v) is 9.89. The molecule has 0 atom stereocenters. The van der Waals surface area contributed by atoms with E-state index in [4.69, 9.17) is 4.28 Å². The van der Waals surface area contributed by atoms with Crippen LogP contribution in [0.1, 0.15) is 47.1 Å². The predicted molar refractivity (Wildman–Crippen MR) is 103 cm³/mol. The molecule has 0 amide bonds. The van der Waals surface area contributed by atoms with Crippen molar-refractivity contribution in [2.45, 2.75) is 51.9 Å². The summed E-state index contributed by atoms with van der Waals surface area (Å²) < 4.78 is 29.6. The molecule has 1 aromatic carbocycles. The fourth-order valence-electron chi connectivity index (χ4n) is 2.49. The second-order valence-corrected chi connectivity index (χ2v) is 9.25. The highest BCUT2D eigenvalue weighted by Crippen LogP contribution is 2.24. The van der Waals surface area contributed by atoms with E-state index in [2.05, 4.69) is 25.9 Å². The molecule has 0 aromatic heterocycles. The summed E-state index contributed by atoms with van der Waals surface area (Å²) in [4.78, 5) is 12.0. The molecule has 1 aromatic rings. The van der Waals surface area contributed by atoms with Gasteiger partial charge in [-0.3, -0.25) is 9.08 Å². The van der Waals surface area contributed by atoms with Gasteiger partial charge in [-0.15, -0.1) is 0 Å². The minimum absolute atomic E-state index is 0.0126. The zero-order valence-corrected chi connectivity index (χ0v) is 16.8. The van der Waals surface area contributed by atoms with Crippen LogP contribution in [0, 0.1) is 5.92 Å². The van der Waals surface area contributed by atoms with Crippen molar-refractivity contribution in [1.29, 1.82) is 0 Å². The van der Waals surface area contributed by atoms with Gasteiger partial charge in [-0.25, -0.2) is 0 Å². The number of benzene rings is 1. The van der Waals surface area contributed by atoms with Gasteiger partial charge in [0.15, 0.2) is 5.78 Å². The van der Waals surface area contributed by atoms with Crippen molar-refractivity contribution in [3.8, 4) is 0 Å². The Hall–Kier alpha value is -2.21. The molecule has 5 nitrogen and oxygen atoms in total. The predicted octanol–water partition coefficient (Wildman–Crippen LogP) is 4.16. The number of ketones is 1. The molecule has 0 heterocycles. The maximum absolute atomic E-state index is 12.4. The topological polar surface area (TPSA) is 72.8 Å². The van der Waals surface area contributed by atoms with Crippen molar-refractivity contribution in [1.82, 2.24) is 0 Å². The molecule has 0 N–H and O–H groups in total. The number of carbonyl (C=O) groups excluding carboxylic acids is 1. The van der Waals surface area contributed by atoms with Crippen LogP contribution >= 0.6 is 0 Å². The van der Waals surface area contributed by atoms with Gasteiger partial charge in [-0.2, -0.15) is 8.42 Å². The largest absolute Gasteiger partial charge is 0.358 e. The third-order valence-electron chi connectivity index (χ3n) is 4.19. The summed E-state index contributed by atoms with van der Waals surface area (Å²) >= 11 is 0. The minimum Gasteiger partial charge on any atom is -0.290 e. The molecule has 0 fully saturated rings. The summed E-state index contributed by atoms with van der Waals surface area (Å²) in [6, 6.07) is 6.56. The minimum atomic E-state index is -4.03. The van der Waals surface area contributed by atoms with E-state index in [1.165, 1.54) is 18.2 Å². The highest BCUT2D eigenvalue weighted by Gasteiger charge is 2.22. The first-order valence-electron chi connectivity index (χ1n) is 8.48. The van der Waals surface area contributed by atoms with Crippen molar-refractivity contribution in [3.63, 3.8) is 0 Å². The molecule has 0 spiro atoms. The van der Waals surface area contributed by atoms with E-state index in [0.29, 0.717) is 16.9 Å². The molecular weight excluding hydrogens is 350 g/mol. The van der Waals surface area contributed by atoms with Gasteiger partial charge in [0.25, 0.3) is 0 Å². The Morgan fingerprint density at radius 1 is 1.04 bits per heavy atom. The first kappa shape index (κ1) is 20.1. The van der Waals surface area contributed by atoms with Crippen LogP contribution in [0.3, 0.4) is 0 Å². The lowest BCUT2D eigenvalue weighted by molar-refractivity contribution is -0.111. The Morgan fingerprint density at radius 2 is 1.62 bits per heavy atom. The third-order valence-corrected chi connectivity index (χ3v) is 5.31. The number of oxime groups is 1. The van der Waals surface area contributed by atoms with Crippen molar-refractivity contribution in [2.75, 3.05) is 0 Å². The molecule has 0 radical (unpaired) electrons. The monoisotopic (exact) mass is 375 g/mol. The molecular formula is C20H25NO4S. The molecule has 1 aliphatic rings. The Bertz CT molecular complexity index is 896. The second kappa shape index (κ2) is 7.19. The summed E-state index contributed by atoms with van der Waals surface area (Å²) in [5.74, 6) is -0.0734. The van der Waals surface area contributed by atoms with E-state index in [-0.39, 0.29) is 22.0 Å². The van der Waals surface area contributed by atoms with Gasteiger partial charge in [0.2, 0.25) is 0 Å². The van der Waals surface area contributed by atoms with Gasteiger partial charge in [0.1, 0.15) is 10.6 Å². The zero-order valence-electron chi connectivity index (χ0n) is 16.0. The average molecular weight is 375 g/mol. The molecule has 6 heteroatoms. The van der Waals surface area contributed by atoms with Crippen LogP contribution in [0.2, 0.25) is 0 Å². The van der Waals surface area contributed by atoms with Gasteiger partial charge in [-0.05, 0) is 53.7 Å². The van der Waals surface area contributed by atoms with E-state index < -0.39 is 10.1 Å². The van der Waals surface area contributed by atoms with E-state index in [0.717, 1.165) is 5.56 Å². The lowest BCUT2D eigenvalue weighted by atomic mass is 9.87. The van der Waals surface area contributed by atoms with Crippen molar-refractivity contribution in [3.05, 3.63) is 53.1 Å². The molecule has 1 aliphatic carbocycles. The van der Waals surface area contributed by atoms with E-state index in [1.807, 2.05) is 13.8 Å². The Kier molecular flexibility index (Phi) is 5.56. The molecule has 140 valence electrons. The fourth-order valence-corrected chi connectivity index (χ4v) is 3.22. The number of nitrogens with zero attached hydrogens (tertiary/aromatic N) is 1. The fraction of sp³-hybridized carbons (Fsp3) is 0.400. The van der Waals surface area contributed by atoms with E-state index in [9.17, 15) is 13.2 Å². The summed E-state index contributed by atoms with van der Waals surface area (Å²) in [6.45, 7) is 11.6. The average Bonchev–Trinajstić information content (AvgIpc) is 2.53. The number of rotatable bonds is 4. The molecule has 2 rings (SSSR count). The van der Waals surface area contributed by atoms with Crippen molar-refractivity contribution in [2.24, 2.45) is 11.1 Å². The van der Waals surface area contributed by atoms with Gasteiger partial charge < -0.3 is 0 Å². The first-order chi connectivity index (χ1) is 11.9. The van der Waals surface area contributed by atoms with Crippen LogP contribution in [0.25, 0.3) is 0 Å². The van der Waals surface area contributed by atoms with Crippen molar-refractivity contribution < 1.29 is 17.5 Å². The SMILES string of the molecule is CC1=CC(=O)C(C(C)C)=C/C1=N/OS(=O)(=O)c1ccc(C(C)(C)C)cc1. The number of allylic oxidation sites excluding steroid dienone is 4. The van der Waals surface area contributed by atoms with Gasteiger partial charge in [0.05, 0.1) is 0 Å². The summed E-state index contributed by atoms with van der Waals surface area (Å²) in [6.07, 6.45) is 3.03. The molecule has 0 saturated heterocycles. The molecule has 26 heavy (non-hydrogen) atoms. The molecule has 0 unspecified atom stereocenters. The van der Waals surface area contributed by atoms with E-state index >= 15 is 0 Å². The maximum Gasteiger partial charge on any atom is 0.358 e. The number of carbonyl (C=O) groups is 1. The van der Waals surface area contributed by atoms with Crippen LogP contribution < -0.4 is 0 Å². The molecule has 0 bridgehead atoms. The van der Waals surface area contributed by atoms with Gasteiger partial charge in [-0.1, -0.05) is 51.9 Å². The number of hydrogen-bond acceptors (Lipinski definition) is 5. The maximum atomic E-state index is 12.4. The summed E-state index contributed by atoms with van der Waals surface area (Å²) in [5, 5.41) is 3.78. The summed E-state index contributed by atoms with van der Waals surface area (Å²) in [7, 11) is -4.03. The summed E-state index contributed by atoms with van der Waals surface area (Å²) in [5.41, 5.74) is 2.43. The second-order valence-electron chi connectivity index (χ2n) is 7.73. The van der Waals surface area contributed by atoms with Gasteiger partial charge in [0, 0.05) is 5.57 Å². The van der Waals surface area contributed by atoms with Crippen LogP contribution in [0.4, 0.5) is 0 Å².